The van der Waals surface area contributed by atoms with E-state index in [1.807, 2.05) is 6.07 Å². The molecule has 0 saturated carbocycles. The van der Waals surface area contributed by atoms with Crippen molar-refractivity contribution in [2.75, 3.05) is 0 Å². The smallest absolute Gasteiger partial charge is 0.216 e. The van der Waals surface area contributed by atoms with Crippen molar-refractivity contribution in [2.45, 2.75) is 71.6 Å². The summed E-state index contributed by atoms with van der Waals surface area (Å²) in [6.45, 7) is 13.2. The number of hydrogen-bond acceptors (Lipinski definition) is 1. The molecule has 0 bridgehead atoms. The van der Waals surface area contributed by atoms with E-state index >= 15 is 0 Å². The zero-order valence-electron chi connectivity index (χ0n) is 25.1. The minimum absolute atomic E-state index is 0.106. The summed E-state index contributed by atoms with van der Waals surface area (Å²) in [4.78, 5) is 0. The number of rotatable bonds is 2. The second-order valence-corrected chi connectivity index (χ2v) is 12.4. The highest BCUT2D eigenvalue weighted by molar-refractivity contribution is 6.13. The van der Waals surface area contributed by atoms with Gasteiger partial charge < -0.3 is 4.42 Å². The summed E-state index contributed by atoms with van der Waals surface area (Å²) in [5, 5.41) is 2.22. The second kappa shape index (κ2) is 8.31. The van der Waals surface area contributed by atoms with E-state index in [1.165, 1.54) is 5.56 Å². The number of para-hydroxylation sites is 1. The summed E-state index contributed by atoms with van der Waals surface area (Å²) in [5.41, 5.74) is 10.2. The highest BCUT2D eigenvalue weighted by Gasteiger charge is 2.32. The van der Waals surface area contributed by atoms with Gasteiger partial charge in [0.25, 0.3) is 0 Å². The lowest BCUT2D eigenvalue weighted by atomic mass is 9.68. The van der Waals surface area contributed by atoms with Crippen LogP contribution >= 0.6 is 0 Å². The molecule has 0 aliphatic heterocycles. The fourth-order valence-electron chi connectivity index (χ4n) is 6.04. The molecule has 0 unspecified atom stereocenters. The summed E-state index contributed by atoms with van der Waals surface area (Å²) in [7, 11) is 2.07. The van der Waals surface area contributed by atoms with Crippen LogP contribution in [0.2, 0.25) is 0 Å². The van der Waals surface area contributed by atoms with Gasteiger partial charge in [0, 0.05) is 31.2 Å². The molecule has 0 radical (unpaired) electrons. The van der Waals surface area contributed by atoms with Gasteiger partial charge in [0.05, 0.1) is 5.56 Å². The predicted octanol–water partition coefficient (Wildman–Crippen LogP) is 8.96. The van der Waals surface area contributed by atoms with Crippen LogP contribution in [0.3, 0.4) is 0 Å². The molecule has 1 aliphatic rings. The zero-order valence-corrected chi connectivity index (χ0v) is 23.1. The summed E-state index contributed by atoms with van der Waals surface area (Å²) in [6, 6.07) is 21.5. The third kappa shape index (κ3) is 3.81. The van der Waals surface area contributed by atoms with Crippen molar-refractivity contribution in [3.63, 3.8) is 0 Å². The van der Waals surface area contributed by atoms with Gasteiger partial charge in [-0.15, -0.1) is 0 Å². The van der Waals surface area contributed by atoms with Crippen molar-refractivity contribution in [1.82, 2.24) is 0 Å². The molecule has 6 rings (SSSR count). The quantitative estimate of drug-likeness (QED) is 0.226. The molecule has 0 fully saturated rings. The fourth-order valence-corrected chi connectivity index (χ4v) is 6.04. The Morgan fingerprint density at radius 1 is 0.946 bits per heavy atom. The fraction of sp³-hybridized carbons (Fsp3) is 0.343. The Morgan fingerprint density at radius 2 is 1.73 bits per heavy atom. The number of aromatic nitrogens is 1. The molecule has 0 saturated heterocycles. The Labute approximate surface area is 223 Å². The first-order valence-corrected chi connectivity index (χ1v) is 13.4. The van der Waals surface area contributed by atoms with Crippen molar-refractivity contribution in [3.8, 4) is 22.4 Å². The van der Waals surface area contributed by atoms with E-state index in [-0.39, 0.29) is 10.8 Å². The number of nitrogens with zero attached hydrogens (tertiary/aromatic N) is 1. The van der Waals surface area contributed by atoms with Gasteiger partial charge in [0.2, 0.25) is 5.69 Å². The molecule has 0 spiro atoms. The number of furan rings is 1. The molecule has 2 heterocycles. The van der Waals surface area contributed by atoms with Crippen LogP contribution in [-0.4, -0.2) is 0 Å². The normalized spacial score (nSPS) is 17.5. The highest BCUT2D eigenvalue weighted by atomic mass is 16.3. The van der Waals surface area contributed by atoms with Gasteiger partial charge in [-0.2, -0.15) is 0 Å². The standard InChI is InChI=1S/C35H38NO/c1-22-16-17-26-25-13-10-12-24(32(25)37-33(26)31(22)30-15-8-9-19-36(30)7)23-20-28(34(2,3)4)27-14-11-18-35(5,6)29(27)21-23/h8-10,12-13,15-17,19-21H,11,14,18H2,1-7H3/q+1/i14D2. The van der Waals surface area contributed by atoms with Crippen LogP contribution in [0, 0.1) is 6.92 Å². The Balaban J connectivity index is 1.68. The lowest BCUT2D eigenvalue weighted by Gasteiger charge is -2.37. The van der Waals surface area contributed by atoms with Gasteiger partial charge in [0.1, 0.15) is 18.2 Å². The van der Waals surface area contributed by atoms with Crippen LogP contribution in [0.15, 0.2) is 71.3 Å². The van der Waals surface area contributed by atoms with Gasteiger partial charge >= 0.3 is 0 Å². The van der Waals surface area contributed by atoms with Crippen LogP contribution in [0.4, 0.5) is 0 Å². The monoisotopic (exact) mass is 490 g/mol. The minimum Gasteiger partial charge on any atom is -0.454 e. The molecule has 0 amide bonds. The molecular formula is C35H38NO+. The molecule has 2 heteroatoms. The Hall–Kier alpha value is -3.39. The first-order valence-electron chi connectivity index (χ1n) is 14.4. The topological polar surface area (TPSA) is 17.0 Å². The second-order valence-electron chi connectivity index (χ2n) is 12.4. The lowest BCUT2D eigenvalue weighted by Crippen LogP contribution is -2.30. The third-order valence-corrected chi connectivity index (χ3v) is 8.22. The molecule has 3 aromatic carbocycles. The van der Waals surface area contributed by atoms with Gasteiger partial charge in [0.15, 0.2) is 6.20 Å². The molecule has 0 atom stereocenters. The first-order chi connectivity index (χ1) is 18.3. The lowest BCUT2D eigenvalue weighted by molar-refractivity contribution is -0.660. The van der Waals surface area contributed by atoms with Gasteiger partial charge in [-0.3, -0.25) is 0 Å². The van der Waals surface area contributed by atoms with E-state index in [0.717, 1.165) is 67.4 Å². The number of benzene rings is 3. The average molecular weight is 491 g/mol. The Morgan fingerprint density at radius 3 is 2.49 bits per heavy atom. The third-order valence-electron chi connectivity index (χ3n) is 8.22. The van der Waals surface area contributed by atoms with E-state index in [1.54, 1.807) is 0 Å². The van der Waals surface area contributed by atoms with E-state index < -0.39 is 6.37 Å². The SMILES string of the molecule is [2H]C1([2H])CCC(C)(C)c2cc(-c3cccc4c3oc3c(-c5cccc[n+]5C)c(C)ccc34)cc(C(C)(C)C)c21. The van der Waals surface area contributed by atoms with Crippen molar-refractivity contribution < 1.29 is 11.7 Å². The predicted molar refractivity (Wildman–Crippen MR) is 155 cm³/mol. The molecule has 1 aliphatic carbocycles. The maximum atomic E-state index is 8.97. The van der Waals surface area contributed by atoms with Crippen LogP contribution in [0.1, 0.15) is 72.5 Å². The van der Waals surface area contributed by atoms with E-state index in [2.05, 4.69) is 114 Å². The van der Waals surface area contributed by atoms with Crippen molar-refractivity contribution >= 4 is 21.9 Å². The van der Waals surface area contributed by atoms with E-state index in [0.29, 0.717) is 6.42 Å². The Bertz CT molecular complexity index is 1750. The van der Waals surface area contributed by atoms with Crippen LogP contribution in [0.25, 0.3) is 44.3 Å². The maximum Gasteiger partial charge on any atom is 0.216 e. The first kappa shape index (κ1) is 21.7. The summed E-state index contributed by atoms with van der Waals surface area (Å²) >= 11 is 0. The summed E-state index contributed by atoms with van der Waals surface area (Å²) < 4.78 is 26.9. The maximum absolute atomic E-state index is 8.97. The van der Waals surface area contributed by atoms with E-state index in [4.69, 9.17) is 7.16 Å². The molecular weight excluding hydrogens is 450 g/mol. The number of fused-ring (bicyclic) bond motifs is 4. The zero-order chi connectivity index (χ0) is 27.9. The molecule has 0 N–H and O–H groups in total. The van der Waals surface area contributed by atoms with Crippen LogP contribution in [0.5, 0.6) is 0 Å². The highest BCUT2D eigenvalue weighted by Crippen LogP contribution is 2.46. The van der Waals surface area contributed by atoms with Gasteiger partial charge in [-0.05, 0) is 70.9 Å². The van der Waals surface area contributed by atoms with Crippen molar-refractivity contribution in [3.05, 3.63) is 89.1 Å². The van der Waals surface area contributed by atoms with Crippen LogP contribution < -0.4 is 4.57 Å². The van der Waals surface area contributed by atoms with Gasteiger partial charge in [-0.25, -0.2) is 4.57 Å². The van der Waals surface area contributed by atoms with Crippen molar-refractivity contribution in [2.24, 2.45) is 7.05 Å². The summed E-state index contributed by atoms with van der Waals surface area (Å²) in [5.74, 6) is 0. The van der Waals surface area contributed by atoms with Crippen LogP contribution in [-0.2, 0) is 24.3 Å². The number of pyridine rings is 1. The van der Waals surface area contributed by atoms with Gasteiger partial charge in [-0.1, -0.05) is 77.1 Å². The average Bonchev–Trinajstić information content (AvgIpc) is 3.25. The van der Waals surface area contributed by atoms with Crippen molar-refractivity contribution in [1.29, 1.82) is 0 Å². The van der Waals surface area contributed by atoms with E-state index in [9.17, 15) is 0 Å². The Kier molecular flexibility index (Phi) is 4.87. The molecule has 5 aromatic rings. The summed E-state index contributed by atoms with van der Waals surface area (Å²) in [6.07, 6.45) is 2.11. The number of hydrogen-bond donors (Lipinski definition) is 0. The molecule has 188 valence electrons. The molecule has 2 nitrogen and oxygen atoms in total. The molecule has 2 aromatic heterocycles. The molecule has 37 heavy (non-hydrogen) atoms. The minimum atomic E-state index is -1.34. The largest absolute Gasteiger partial charge is 0.454 e. The number of aryl methyl sites for hydroxylation is 2.